The molecule has 1 heterocycles. The van der Waals surface area contributed by atoms with Crippen molar-refractivity contribution in [1.82, 2.24) is 15.5 Å². The molecule has 14 heavy (non-hydrogen) atoms. The fraction of sp³-hybridized carbons (Fsp3) is 0.556. The third kappa shape index (κ3) is 1.77. The molecule has 0 saturated heterocycles. The molecule has 0 radical (unpaired) electrons. The van der Waals surface area contributed by atoms with Gasteiger partial charge in [0.15, 0.2) is 0 Å². The predicted molar refractivity (Wildman–Crippen MR) is 50.0 cm³/mol. The molecule has 0 amide bonds. The molecule has 1 saturated carbocycles. The number of aromatic amines is 1. The Morgan fingerprint density at radius 3 is 3.07 bits per heavy atom. The zero-order valence-electron chi connectivity index (χ0n) is 7.79. The molecule has 2 rings (SSSR count). The number of carboxylic acids is 1. The van der Waals surface area contributed by atoms with Crippen molar-refractivity contribution in [3.05, 3.63) is 17.5 Å². The van der Waals surface area contributed by atoms with Crippen molar-refractivity contribution in [1.29, 1.82) is 0 Å². The molecule has 1 aromatic heterocycles. The van der Waals surface area contributed by atoms with E-state index in [-0.39, 0.29) is 5.56 Å². The largest absolute Gasteiger partial charge is 0.478 e. The number of carbonyl (C=O) groups is 1. The normalized spacial score (nSPS) is 16.6. The summed E-state index contributed by atoms with van der Waals surface area (Å²) in [5.74, 6) is -0.927. The summed E-state index contributed by atoms with van der Waals surface area (Å²) >= 11 is 0. The summed E-state index contributed by atoms with van der Waals surface area (Å²) in [7, 11) is 0. The van der Waals surface area contributed by atoms with Crippen LogP contribution in [0, 0.1) is 0 Å². The number of nitrogens with zero attached hydrogens (tertiary/aromatic N) is 1. The van der Waals surface area contributed by atoms with Crippen LogP contribution in [0.4, 0.5) is 0 Å². The molecular weight excluding hydrogens is 182 g/mol. The number of H-pyrrole nitrogens is 1. The molecule has 76 valence electrons. The van der Waals surface area contributed by atoms with Crippen LogP contribution >= 0.6 is 0 Å². The maximum Gasteiger partial charge on any atom is 0.339 e. The highest BCUT2D eigenvalue weighted by Crippen LogP contribution is 2.18. The van der Waals surface area contributed by atoms with E-state index < -0.39 is 5.97 Å². The average molecular weight is 195 g/mol. The van der Waals surface area contributed by atoms with Crippen molar-refractivity contribution in [2.24, 2.45) is 0 Å². The third-order valence-electron chi connectivity index (χ3n) is 2.62. The Bertz CT molecular complexity index is 331. The average Bonchev–Trinajstić information content (AvgIpc) is 2.49. The van der Waals surface area contributed by atoms with E-state index in [9.17, 15) is 4.79 Å². The topological polar surface area (TPSA) is 78.0 Å². The van der Waals surface area contributed by atoms with E-state index in [0.29, 0.717) is 18.3 Å². The SMILES string of the molecule is O=C(O)c1cn[nH]c1CNC1CCC1. The monoisotopic (exact) mass is 195 g/mol. The van der Waals surface area contributed by atoms with Crippen molar-refractivity contribution >= 4 is 5.97 Å². The summed E-state index contributed by atoms with van der Waals surface area (Å²) in [4.78, 5) is 10.7. The van der Waals surface area contributed by atoms with Crippen molar-refractivity contribution in [3.63, 3.8) is 0 Å². The molecule has 5 heteroatoms. The maximum absolute atomic E-state index is 10.7. The van der Waals surface area contributed by atoms with Crippen LogP contribution in [0.1, 0.15) is 35.3 Å². The fourth-order valence-electron chi connectivity index (χ4n) is 1.49. The van der Waals surface area contributed by atoms with Gasteiger partial charge in [-0.2, -0.15) is 5.10 Å². The van der Waals surface area contributed by atoms with E-state index in [1.54, 1.807) is 0 Å². The molecular formula is C9H13N3O2. The lowest BCUT2D eigenvalue weighted by molar-refractivity contribution is 0.0695. The molecule has 1 aliphatic carbocycles. The Kier molecular flexibility index (Phi) is 2.49. The standard InChI is InChI=1S/C9H13N3O2/c13-9(14)7-4-11-12-8(7)5-10-6-2-1-3-6/h4,6,10H,1-3,5H2,(H,11,12)(H,13,14). The lowest BCUT2D eigenvalue weighted by Gasteiger charge is -2.26. The summed E-state index contributed by atoms with van der Waals surface area (Å²) in [6, 6.07) is 0.556. The smallest absolute Gasteiger partial charge is 0.339 e. The molecule has 1 aliphatic rings. The lowest BCUT2D eigenvalue weighted by Crippen LogP contribution is -2.34. The second kappa shape index (κ2) is 3.79. The van der Waals surface area contributed by atoms with Gasteiger partial charge in [-0.25, -0.2) is 4.79 Å². The van der Waals surface area contributed by atoms with E-state index in [2.05, 4.69) is 15.5 Å². The van der Waals surface area contributed by atoms with Gasteiger partial charge in [0.25, 0.3) is 0 Å². The van der Waals surface area contributed by atoms with E-state index >= 15 is 0 Å². The lowest BCUT2D eigenvalue weighted by atomic mass is 9.93. The Balaban J connectivity index is 1.94. The molecule has 0 bridgehead atoms. The van der Waals surface area contributed by atoms with E-state index in [1.807, 2.05) is 0 Å². The van der Waals surface area contributed by atoms with Gasteiger partial charge < -0.3 is 10.4 Å². The first-order chi connectivity index (χ1) is 6.77. The zero-order chi connectivity index (χ0) is 9.97. The van der Waals surface area contributed by atoms with E-state index in [1.165, 1.54) is 25.5 Å². The van der Waals surface area contributed by atoms with Crippen molar-refractivity contribution in [2.75, 3.05) is 0 Å². The van der Waals surface area contributed by atoms with Gasteiger partial charge in [-0.05, 0) is 12.8 Å². The first-order valence-corrected chi connectivity index (χ1v) is 4.76. The number of rotatable bonds is 4. The van der Waals surface area contributed by atoms with Gasteiger partial charge in [0.05, 0.1) is 11.9 Å². The van der Waals surface area contributed by atoms with Gasteiger partial charge >= 0.3 is 5.97 Å². The van der Waals surface area contributed by atoms with E-state index in [4.69, 9.17) is 5.11 Å². The minimum Gasteiger partial charge on any atom is -0.478 e. The number of hydrogen-bond acceptors (Lipinski definition) is 3. The molecule has 0 atom stereocenters. The van der Waals surface area contributed by atoms with Gasteiger partial charge in [-0.3, -0.25) is 5.10 Å². The summed E-state index contributed by atoms with van der Waals surface area (Å²) in [6.45, 7) is 0.562. The summed E-state index contributed by atoms with van der Waals surface area (Å²) in [6.07, 6.45) is 5.00. The van der Waals surface area contributed by atoms with Gasteiger partial charge in [0.1, 0.15) is 5.56 Å². The van der Waals surface area contributed by atoms with Crippen molar-refractivity contribution < 1.29 is 9.90 Å². The molecule has 0 spiro atoms. The van der Waals surface area contributed by atoms with Crippen LogP contribution in [-0.4, -0.2) is 27.3 Å². The third-order valence-corrected chi connectivity index (χ3v) is 2.62. The molecule has 1 aromatic rings. The summed E-state index contributed by atoms with van der Waals surface area (Å²) < 4.78 is 0. The molecule has 0 aromatic carbocycles. The van der Waals surface area contributed by atoms with Crippen LogP contribution in [-0.2, 0) is 6.54 Å². The van der Waals surface area contributed by atoms with E-state index in [0.717, 1.165) is 0 Å². The first-order valence-electron chi connectivity index (χ1n) is 4.76. The highest BCUT2D eigenvalue weighted by atomic mass is 16.4. The second-order valence-electron chi connectivity index (χ2n) is 3.58. The van der Waals surface area contributed by atoms with Crippen LogP contribution in [0.3, 0.4) is 0 Å². The Morgan fingerprint density at radius 2 is 2.50 bits per heavy atom. The van der Waals surface area contributed by atoms with Crippen LogP contribution in [0.5, 0.6) is 0 Å². The Hall–Kier alpha value is -1.36. The Labute approximate surface area is 81.5 Å². The number of nitrogens with one attached hydrogen (secondary N) is 2. The van der Waals surface area contributed by atoms with Crippen LogP contribution in [0.2, 0.25) is 0 Å². The minimum atomic E-state index is -0.927. The van der Waals surface area contributed by atoms with Crippen LogP contribution < -0.4 is 5.32 Å². The predicted octanol–water partition coefficient (Wildman–Crippen LogP) is 0.750. The number of aromatic nitrogens is 2. The molecule has 3 N–H and O–H groups in total. The van der Waals surface area contributed by atoms with Crippen LogP contribution in [0.15, 0.2) is 6.20 Å². The number of hydrogen-bond donors (Lipinski definition) is 3. The summed E-state index contributed by atoms with van der Waals surface area (Å²) in [5, 5.41) is 18.5. The second-order valence-corrected chi connectivity index (χ2v) is 3.58. The van der Waals surface area contributed by atoms with Crippen molar-refractivity contribution in [3.8, 4) is 0 Å². The van der Waals surface area contributed by atoms with Crippen molar-refractivity contribution in [2.45, 2.75) is 31.8 Å². The van der Waals surface area contributed by atoms with Gasteiger partial charge in [0, 0.05) is 12.6 Å². The van der Waals surface area contributed by atoms with Gasteiger partial charge in [0.2, 0.25) is 0 Å². The fourth-order valence-corrected chi connectivity index (χ4v) is 1.49. The molecule has 0 aliphatic heterocycles. The van der Waals surface area contributed by atoms with Gasteiger partial charge in [-0.15, -0.1) is 0 Å². The molecule has 0 unspecified atom stereocenters. The first kappa shape index (κ1) is 9.21. The summed E-state index contributed by atoms with van der Waals surface area (Å²) in [5.41, 5.74) is 0.918. The van der Waals surface area contributed by atoms with Crippen LogP contribution in [0.25, 0.3) is 0 Å². The highest BCUT2D eigenvalue weighted by molar-refractivity contribution is 5.88. The number of aromatic carboxylic acids is 1. The minimum absolute atomic E-state index is 0.261. The zero-order valence-corrected chi connectivity index (χ0v) is 7.79. The molecule has 1 fully saturated rings. The quantitative estimate of drug-likeness (QED) is 0.662. The maximum atomic E-state index is 10.7. The highest BCUT2D eigenvalue weighted by Gasteiger charge is 2.18. The Morgan fingerprint density at radius 1 is 1.71 bits per heavy atom. The van der Waals surface area contributed by atoms with Gasteiger partial charge in [-0.1, -0.05) is 6.42 Å². The number of carboxylic acid groups (broad SMARTS) is 1. The molecule has 5 nitrogen and oxygen atoms in total.